The molecule has 0 radical (unpaired) electrons. The molecule has 32 heavy (non-hydrogen) atoms. The van der Waals surface area contributed by atoms with Crippen molar-refractivity contribution in [3.63, 3.8) is 0 Å². The van der Waals surface area contributed by atoms with Crippen LogP contribution in [0.25, 0.3) is 10.9 Å². The lowest BCUT2D eigenvalue weighted by atomic mass is 10.0. The van der Waals surface area contributed by atoms with Crippen molar-refractivity contribution in [1.82, 2.24) is 25.2 Å². The normalized spacial score (nSPS) is 14.1. The lowest BCUT2D eigenvalue weighted by Gasteiger charge is -2.29. The third-order valence-corrected chi connectivity index (χ3v) is 6.19. The summed E-state index contributed by atoms with van der Waals surface area (Å²) in [6.45, 7) is 3.90. The van der Waals surface area contributed by atoms with Gasteiger partial charge in [-0.3, -0.25) is 4.79 Å². The highest BCUT2D eigenvalue weighted by Gasteiger charge is 2.34. The van der Waals surface area contributed by atoms with Crippen LogP contribution in [-0.2, 0) is 24.1 Å². The number of para-hydroxylation sites is 1. The van der Waals surface area contributed by atoms with Gasteiger partial charge in [-0.1, -0.05) is 31.2 Å². The fourth-order valence-corrected chi connectivity index (χ4v) is 4.52. The number of hydrogen-bond acceptors (Lipinski definition) is 6. The number of benzene rings is 2. The first kappa shape index (κ1) is 20.4. The summed E-state index contributed by atoms with van der Waals surface area (Å²) < 4.78 is 6.98. The molecule has 8 heteroatoms. The predicted molar refractivity (Wildman–Crippen MR) is 123 cm³/mol. The molecule has 164 valence electrons. The Morgan fingerprint density at radius 3 is 2.91 bits per heavy atom. The summed E-state index contributed by atoms with van der Waals surface area (Å²) >= 11 is 0. The molecule has 0 saturated carbocycles. The van der Waals surface area contributed by atoms with Crippen molar-refractivity contribution < 1.29 is 4.74 Å². The molecule has 0 saturated heterocycles. The maximum atomic E-state index is 13.3. The summed E-state index contributed by atoms with van der Waals surface area (Å²) in [4.78, 5) is 18.7. The van der Waals surface area contributed by atoms with Gasteiger partial charge in [0.2, 0.25) is 0 Å². The summed E-state index contributed by atoms with van der Waals surface area (Å²) in [6.07, 6.45) is 1.85. The largest absolute Gasteiger partial charge is 0.383 e. The first-order valence-corrected chi connectivity index (χ1v) is 10.9. The van der Waals surface area contributed by atoms with E-state index in [4.69, 9.17) is 4.74 Å². The Morgan fingerprint density at radius 2 is 2.06 bits per heavy atom. The average Bonchev–Trinajstić information content (AvgIpc) is 3.46. The zero-order valence-corrected chi connectivity index (χ0v) is 18.3. The fraction of sp³-hybridized carbons (Fsp3) is 0.333. The third-order valence-electron chi connectivity index (χ3n) is 6.19. The van der Waals surface area contributed by atoms with Crippen LogP contribution in [0.2, 0.25) is 0 Å². The number of fused-ring (bicyclic) bond motifs is 2. The zero-order chi connectivity index (χ0) is 22.1. The first-order valence-electron chi connectivity index (χ1n) is 10.9. The second-order valence-electron chi connectivity index (χ2n) is 8.06. The quantitative estimate of drug-likeness (QED) is 0.485. The van der Waals surface area contributed by atoms with Crippen LogP contribution in [0.15, 0.2) is 53.3 Å². The Bertz CT molecular complexity index is 1310. The van der Waals surface area contributed by atoms with Gasteiger partial charge in [-0.2, -0.15) is 0 Å². The van der Waals surface area contributed by atoms with Gasteiger partial charge in [0.15, 0.2) is 5.82 Å². The fourth-order valence-electron chi connectivity index (χ4n) is 4.52. The molecule has 0 spiro atoms. The zero-order valence-electron chi connectivity index (χ0n) is 18.3. The number of H-pyrrole nitrogens is 1. The molecule has 2 aromatic heterocycles. The van der Waals surface area contributed by atoms with E-state index in [1.165, 1.54) is 11.1 Å². The number of ether oxygens (including phenoxy) is 1. The Kier molecular flexibility index (Phi) is 5.45. The number of pyridine rings is 1. The highest BCUT2D eigenvalue weighted by Crippen LogP contribution is 2.37. The number of tetrazole rings is 1. The standard InChI is InChI=1S/C24H26N6O2/c1-3-16-8-9-20-18(14-16)15-19(24(31)25-20)22(23-26-27-28-30(23)12-13-32-2)29-11-10-17-6-4-5-7-21(17)29/h4-9,14-15,22H,3,10-13H2,1-2H3,(H,25,31)/t22-/m1/s1. The highest BCUT2D eigenvalue weighted by molar-refractivity contribution is 5.80. The van der Waals surface area contributed by atoms with Gasteiger partial charge in [-0.05, 0) is 64.0 Å². The second-order valence-corrected chi connectivity index (χ2v) is 8.06. The van der Waals surface area contributed by atoms with E-state index in [9.17, 15) is 4.79 Å². The van der Waals surface area contributed by atoms with Gasteiger partial charge in [0.1, 0.15) is 6.04 Å². The van der Waals surface area contributed by atoms with Gasteiger partial charge in [0.05, 0.1) is 13.2 Å². The van der Waals surface area contributed by atoms with Crippen LogP contribution in [0.5, 0.6) is 0 Å². The molecular formula is C24H26N6O2. The molecule has 0 fully saturated rings. The minimum absolute atomic E-state index is 0.127. The van der Waals surface area contributed by atoms with Crippen LogP contribution < -0.4 is 10.5 Å². The van der Waals surface area contributed by atoms with Gasteiger partial charge >= 0.3 is 0 Å². The first-order chi connectivity index (χ1) is 15.7. The number of methoxy groups -OCH3 is 1. The Morgan fingerprint density at radius 1 is 1.19 bits per heavy atom. The lowest BCUT2D eigenvalue weighted by molar-refractivity contribution is 0.181. The van der Waals surface area contributed by atoms with E-state index in [2.05, 4.69) is 62.7 Å². The van der Waals surface area contributed by atoms with Crippen molar-refractivity contribution in [2.24, 2.45) is 0 Å². The van der Waals surface area contributed by atoms with Gasteiger partial charge in [0.25, 0.3) is 5.56 Å². The molecule has 1 aliphatic heterocycles. The molecule has 0 bridgehead atoms. The predicted octanol–water partition coefficient (Wildman–Crippen LogP) is 2.88. The molecule has 0 amide bonds. The topological polar surface area (TPSA) is 88.9 Å². The number of hydrogen-bond donors (Lipinski definition) is 1. The lowest BCUT2D eigenvalue weighted by Crippen LogP contribution is -2.34. The van der Waals surface area contributed by atoms with Crippen molar-refractivity contribution >= 4 is 16.6 Å². The van der Waals surface area contributed by atoms with E-state index in [1.54, 1.807) is 11.8 Å². The number of aromatic amines is 1. The van der Waals surface area contributed by atoms with Crippen LogP contribution in [0.3, 0.4) is 0 Å². The van der Waals surface area contributed by atoms with Crippen molar-refractivity contribution in [1.29, 1.82) is 0 Å². The number of nitrogens with one attached hydrogen (secondary N) is 1. The number of rotatable bonds is 7. The SMILES string of the molecule is CCc1ccc2[nH]c(=O)c([C@H](c3nnnn3CCOC)N3CCc4ccccc43)cc2c1. The van der Waals surface area contributed by atoms with Gasteiger partial charge in [-0.25, -0.2) is 4.68 Å². The summed E-state index contributed by atoms with van der Waals surface area (Å²) in [7, 11) is 1.65. The van der Waals surface area contributed by atoms with Crippen LogP contribution in [-0.4, -0.2) is 45.5 Å². The Balaban J connectivity index is 1.70. The Labute approximate surface area is 185 Å². The minimum atomic E-state index is -0.413. The maximum Gasteiger partial charge on any atom is 0.254 e. The van der Waals surface area contributed by atoms with Gasteiger partial charge in [-0.15, -0.1) is 5.10 Å². The van der Waals surface area contributed by atoms with Gasteiger partial charge in [0, 0.05) is 30.4 Å². The molecule has 0 unspecified atom stereocenters. The Hall–Kier alpha value is -3.52. The number of aryl methyl sites for hydroxylation is 1. The highest BCUT2D eigenvalue weighted by atomic mass is 16.5. The summed E-state index contributed by atoms with van der Waals surface area (Å²) in [5.41, 5.74) is 4.94. The van der Waals surface area contributed by atoms with E-state index >= 15 is 0 Å². The number of anilines is 1. The molecule has 4 aromatic rings. The monoisotopic (exact) mass is 430 g/mol. The molecule has 1 N–H and O–H groups in total. The number of aromatic nitrogens is 5. The van der Waals surface area contributed by atoms with E-state index in [0.29, 0.717) is 24.5 Å². The molecule has 1 atom stereocenters. The molecule has 1 aliphatic rings. The van der Waals surface area contributed by atoms with Crippen molar-refractivity contribution in [2.75, 3.05) is 25.2 Å². The molecule has 0 aliphatic carbocycles. The average molecular weight is 431 g/mol. The van der Waals surface area contributed by atoms with Crippen molar-refractivity contribution in [3.8, 4) is 0 Å². The smallest absolute Gasteiger partial charge is 0.254 e. The molecule has 5 rings (SSSR count). The summed E-state index contributed by atoms with van der Waals surface area (Å²) in [6, 6.07) is 16.1. The third kappa shape index (κ3) is 3.56. The van der Waals surface area contributed by atoms with E-state index in [-0.39, 0.29) is 5.56 Å². The van der Waals surface area contributed by atoms with Crippen LogP contribution in [0.4, 0.5) is 5.69 Å². The van der Waals surface area contributed by atoms with E-state index < -0.39 is 6.04 Å². The van der Waals surface area contributed by atoms with Crippen molar-refractivity contribution in [2.45, 2.75) is 32.4 Å². The van der Waals surface area contributed by atoms with Gasteiger partial charge < -0.3 is 14.6 Å². The summed E-state index contributed by atoms with van der Waals surface area (Å²) in [5, 5.41) is 13.5. The van der Waals surface area contributed by atoms with Crippen molar-refractivity contribution in [3.05, 3.63) is 81.4 Å². The molecule has 8 nitrogen and oxygen atoms in total. The molecular weight excluding hydrogens is 404 g/mol. The molecule has 2 aromatic carbocycles. The maximum absolute atomic E-state index is 13.3. The number of nitrogens with zero attached hydrogens (tertiary/aromatic N) is 5. The molecule has 3 heterocycles. The van der Waals surface area contributed by atoms with E-state index in [0.717, 1.165) is 36.0 Å². The summed E-state index contributed by atoms with van der Waals surface area (Å²) in [5.74, 6) is 0.634. The van der Waals surface area contributed by atoms with Crippen LogP contribution in [0, 0.1) is 0 Å². The minimum Gasteiger partial charge on any atom is -0.383 e. The van der Waals surface area contributed by atoms with Crippen LogP contribution in [0.1, 0.15) is 35.5 Å². The van der Waals surface area contributed by atoms with E-state index in [1.807, 2.05) is 18.2 Å². The van der Waals surface area contributed by atoms with Crippen LogP contribution >= 0.6 is 0 Å². The second kappa shape index (κ2) is 8.55.